The molecule has 0 spiro atoms. The summed E-state index contributed by atoms with van der Waals surface area (Å²) >= 11 is 0. The van der Waals surface area contributed by atoms with Gasteiger partial charge in [-0.3, -0.25) is 19.9 Å². The lowest BCUT2D eigenvalue weighted by molar-refractivity contribution is -0.140. The molecule has 1 aromatic heterocycles. The molecule has 5 heterocycles. The van der Waals surface area contributed by atoms with E-state index in [0.717, 1.165) is 95.5 Å². The molecular formula is C39H55F2N9O5. The Morgan fingerprint density at radius 1 is 0.945 bits per heavy atom. The molecule has 3 amide bonds. The van der Waals surface area contributed by atoms with E-state index in [2.05, 4.69) is 25.6 Å². The van der Waals surface area contributed by atoms with Crippen LogP contribution in [-0.2, 0) is 9.53 Å². The van der Waals surface area contributed by atoms with Crippen LogP contribution in [0, 0.1) is 11.8 Å². The van der Waals surface area contributed by atoms with Gasteiger partial charge in [0.15, 0.2) is 5.82 Å². The smallest absolute Gasteiger partial charge is 0.410 e. The Morgan fingerprint density at radius 3 is 2.29 bits per heavy atom. The van der Waals surface area contributed by atoms with E-state index in [1.54, 1.807) is 23.1 Å². The van der Waals surface area contributed by atoms with Gasteiger partial charge >= 0.3 is 12.0 Å². The van der Waals surface area contributed by atoms with Crippen molar-refractivity contribution in [1.29, 1.82) is 0 Å². The van der Waals surface area contributed by atoms with Crippen LogP contribution in [0.15, 0.2) is 24.4 Å². The van der Waals surface area contributed by atoms with Crippen molar-refractivity contribution in [2.45, 2.75) is 95.7 Å². The molecule has 0 unspecified atom stereocenters. The first-order chi connectivity index (χ1) is 26.2. The first-order valence-electron chi connectivity index (χ1n) is 19.7. The Kier molecular flexibility index (Phi) is 11.1. The molecule has 4 aliphatic heterocycles. The van der Waals surface area contributed by atoms with E-state index in [1.807, 2.05) is 30.7 Å². The molecule has 2 aromatic rings. The summed E-state index contributed by atoms with van der Waals surface area (Å²) in [5.74, 6) is -2.96. The molecule has 0 radical (unpaired) electrons. The van der Waals surface area contributed by atoms with Gasteiger partial charge in [-0.2, -0.15) is 13.8 Å². The fourth-order valence-electron chi connectivity index (χ4n) is 8.74. The quantitative estimate of drug-likeness (QED) is 0.364. The van der Waals surface area contributed by atoms with Crippen LogP contribution in [0.25, 0.3) is 0 Å². The summed E-state index contributed by atoms with van der Waals surface area (Å²) in [6.07, 6.45) is 8.52. The van der Waals surface area contributed by atoms with Crippen LogP contribution in [0.1, 0.15) is 82.5 Å². The Bertz CT molecular complexity index is 1730. The van der Waals surface area contributed by atoms with Gasteiger partial charge in [0.25, 0.3) is 11.8 Å². The number of anilines is 4. The minimum absolute atomic E-state index is 0.152. The Labute approximate surface area is 321 Å². The molecule has 14 nitrogen and oxygen atoms in total. The fourth-order valence-corrected chi connectivity index (χ4v) is 8.74. The largest absolute Gasteiger partial charge is 0.495 e. The highest BCUT2D eigenvalue weighted by atomic mass is 19.3. The predicted octanol–water partition coefficient (Wildman–Crippen LogP) is 5.28. The molecule has 3 saturated heterocycles. The number of fused-ring (bicyclic) bond motifs is 1. The summed E-state index contributed by atoms with van der Waals surface area (Å²) in [5.41, 5.74) is 3.73. The second-order valence-electron chi connectivity index (χ2n) is 16.8. The van der Waals surface area contributed by atoms with E-state index in [0.29, 0.717) is 34.9 Å². The normalized spacial score (nSPS) is 22.2. The number of aromatic nitrogens is 2. The number of benzene rings is 1. The third-order valence-electron chi connectivity index (χ3n) is 11.9. The number of nitrogens with zero attached hydrogens (tertiary/aromatic N) is 7. The van der Waals surface area contributed by atoms with Crippen molar-refractivity contribution in [3.8, 4) is 5.75 Å². The number of alkyl halides is 2. The van der Waals surface area contributed by atoms with Gasteiger partial charge in [0.2, 0.25) is 5.95 Å². The molecule has 2 N–H and O–H groups in total. The molecule has 300 valence electrons. The van der Waals surface area contributed by atoms with E-state index in [4.69, 9.17) is 9.47 Å². The summed E-state index contributed by atoms with van der Waals surface area (Å²) < 4.78 is 41.2. The van der Waals surface area contributed by atoms with Crippen molar-refractivity contribution in [2.24, 2.45) is 11.8 Å². The number of carbonyl (C=O) groups is 3. The van der Waals surface area contributed by atoms with Crippen molar-refractivity contribution in [2.75, 3.05) is 75.1 Å². The topological polar surface area (TPSA) is 136 Å². The van der Waals surface area contributed by atoms with Crippen LogP contribution in [-0.4, -0.2) is 126 Å². The van der Waals surface area contributed by atoms with Gasteiger partial charge in [0, 0.05) is 64.0 Å². The van der Waals surface area contributed by atoms with Crippen molar-refractivity contribution in [1.82, 2.24) is 30.2 Å². The maximum atomic E-state index is 15.0. The maximum Gasteiger partial charge on any atom is 0.410 e. The number of ether oxygens (including phenoxy) is 2. The minimum Gasteiger partial charge on any atom is -0.495 e. The van der Waals surface area contributed by atoms with Crippen LogP contribution in [0.5, 0.6) is 5.75 Å². The number of hydrogen-bond donors (Lipinski definition) is 2. The van der Waals surface area contributed by atoms with E-state index in [1.165, 1.54) is 20.4 Å². The lowest BCUT2D eigenvalue weighted by Gasteiger charge is -2.50. The number of hydrazine groups is 1. The molecular weight excluding hydrogens is 712 g/mol. The molecule has 55 heavy (non-hydrogen) atoms. The zero-order valence-corrected chi connectivity index (χ0v) is 32.7. The van der Waals surface area contributed by atoms with Crippen molar-refractivity contribution in [3.63, 3.8) is 0 Å². The number of halogens is 2. The third-order valence-corrected chi connectivity index (χ3v) is 11.9. The zero-order chi connectivity index (χ0) is 39.1. The lowest BCUT2D eigenvalue weighted by Crippen LogP contribution is -2.59. The zero-order valence-electron chi connectivity index (χ0n) is 32.7. The third kappa shape index (κ3) is 8.59. The summed E-state index contributed by atoms with van der Waals surface area (Å²) in [6.45, 7) is 10.2. The highest BCUT2D eigenvalue weighted by Gasteiger charge is 2.49. The predicted molar refractivity (Wildman–Crippen MR) is 204 cm³/mol. The molecule has 1 aliphatic carbocycles. The molecule has 4 fully saturated rings. The van der Waals surface area contributed by atoms with E-state index in [9.17, 15) is 14.4 Å². The van der Waals surface area contributed by atoms with Crippen molar-refractivity contribution >= 4 is 41.0 Å². The Hall–Kier alpha value is -4.31. The molecule has 7 rings (SSSR count). The van der Waals surface area contributed by atoms with Crippen molar-refractivity contribution < 1.29 is 32.6 Å². The highest BCUT2D eigenvalue weighted by molar-refractivity contribution is 6.02. The standard InChI is InChI=1S/C39H55F2N9O5/c1-38(2,3)55-37(53)47-16-12-25(13-17-47)27-22-48(23-27)28-14-18-49(19-15-28)45-34(51)26-10-11-30(32(20-26)54-5)43-36-42-21-31-33(44-36)50(29-8-6-7-9-29)24-39(40,41)35(52)46(31)4/h10-11,20-21,25,27-29H,6-9,12-19,22-24H2,1-5H3,(H,45,51)(H,42,43,44). The SMILES string of the molecule is COc1cc(C(=O)NN2CCC(N3CC(C4CCN(C(=O)OC(C)(C)C)CC4)C3)CC2)ccc1Nc1ncc2c(n1)N(C1CCCC1)CC(F)(F)C(=O)N2C. The summed E-state index contributed by atoms with van der Waals surface area (Å²) in [6, 6.07) is 5.38. The number of piperidine rings is 2. The number of rotatable bonds is 8. The number of amides is 3. The van der Waals surface area contributed by atoms with Gasteiger partial charge in [-0.1, -0.05) is 12.8 Å². The van der Waals surface area contributed by atoms with Crippen LogP contribution < -0.4 is 25.3 Å². The fraction of sp³-hybridized carbons (Fsp3) is 0.667. The second kappa shape index (κ2) is 15.7. The van der Waals surface area contributed by atoms with Crippen LogP contribution in [0.4, 0.5) is 36.7 Å². The monoisotopic (exact) mass is 767 g/mol. The summed E-state index contributed by atoms with van der Waals surface area (Å²) in [5, 5.41) is 5.11. The number of carbonyl (C=O) groups excluding carboxylic acids is 3. The van der Waals surface area contributed by atoms with Crippen molar-refractivity contribution in [3.05, 3.63) is 30.0 Å². The van der Waals surface area contributed by atoms with Gasteiger partial charge in [0.1, 0.15) is 17.0 Å². The van der Waals surface area contributed by atoms with Gasteiger partial charge in [0.05, 0.1) is 25.5 Å². The lowest BCUT2D eigenvalue weighted by atomic mass is 9.78. The Balaban J connectivity index is 0.905. The first-order valence-corrected chi connectivity index (χ1v) is 19.7. The Morgan fingerprint density at radius 2 is 1.64 bits per heavy atom. The van der Waals surface area contributed by atoms with E-state index in [-0.39, 0.29) is 35.5 Å². The molecule has 1 saturated carbocycles. The molecule has 0 atom stereocenters. The molecule has 16 heteroatoms. The molecule has 1 aromatic carbocycles. The second-order valence-corrected chi connectivity index (χ2v) is 16.8. The van der Waals surface area contributed by atoms with Gasteiger partial charge in [-0.25, -0.2) is 14.8 Å². The number of likely N-dealkylation sites (tertiary alicyclic amines) is 2. The summed E-state index contributed by atoms with van der Waals surface area (Å²) in [4.78, 5) is 54.4. The van der Waals surface area contributed by atoms with E-state index >= 15 is 8.78 Å². The minimum atomic E-state index is -3.56. The molecule has 5 aliphatic rings. The van der Waals surface area contributed by atoms with Crippen LogP contribution >= 0.6 is 0 Å². The number of hydrogen-bond acceptors (Lipinski definition) is 11. The van der Waals surface area contributed by atoms with Gasteiger partial charge in [-0.05, 0) is 89.3 Å². The average molecular weight is 768 g/mol. The summed E-state index contributed by atoms with van der Waals surface area (Å²) in [7, 11) is 2.82. The van der Waals surface area contributed by atoms with E-state index < -0.39 is 24.0 Å². The average Bonchev–Trinajstić information content (AvgIpc) is 3.66. The van der Waals surface area contributed by atoms with Crippen LogP contribution in [0.2, 0.25) is 0 Å². The maximum absolute atomic E-state index is 15.0. The highest BCUT2D eigenvalue weighted by Crippen LogP contribution is 2.40. The molecule has 0 bridgehead atoms. The van der Waals surface area contributed by atoms with Gasteiger partial charge in [-0.15, -0.1) is 0 Å². The number of methoxy groups -OCH3 is 1. The van der Waals surface area contributed by atoms with Gasteiger partial charge < -0.3 is 29.5 Å². The number of nitrogens with one attached hydrogen (secondary N) is 2. The first kappa shape index (κ1) is 38.9. The van der Waals surface area contributed by atoms with Crippen LogP contribution in [0.3, 0.4) is 0 Å².